The molecule has 0 saturated heterocycles. The van der Waals surface area contributed by atoms with E-state index in [2.05, 4.69) is 16.0 Å². The van der Waals surface area contributed by atoms with Crippen LogP contribution < -0.4 is 4.18 Å². The molecule has 5 nitrogen and oxygen atoms in total. The van der Waals surface area contributed by atoms with Gasteiger partial charge in [-0.2, -0.15) is 8.42 Å². The Bertz CT molecular complexity index is 1060. The Hall–Kier alpha value is -2.73. The van der Waals surface area contributed by atoms with E-state index >= 15 is 0 Å². The molecule has 0 aliphatic heterocycles. The van der Waals surface area contributed by atoms with Gasteiger partial charge in [-0.1, -0.05) is 41.5 Å². The zero-order valence-corrected chi connectivity index (χ0v) is 16.0. The van der Waals surface area contributed by atoms with E-state index in [1.165, 1.54) is 6.20 Å². The summed E-state index contributed by atoms with van der Waals surface area (Å²) in [5, 5.41) is 0. The van der Waals surface area contributed by atoms with Gasteiger partial charge in [0.1, 0.15) is 5.69 Å². The molecule has 0 saturated carbocycles. The van der Waals surface area contributed by atoms with E-state index in [1.807, 2.05) is 57.2 Å². The maximum absolute atomic E-state index is 11.5. The molecule has 2 aromatic carbocycles. The Balaban J connectivity index is 2.25. The van der Waals surface area contributed by atoms with Crippen molar-refractivity contribution in [1.82, 2.24) is 9.97 Å². The Kier molecular flexibility index (Phi) is 4.78. The first-order valence-corrected chi connectivity index (χ1v) is 9.96. The van der Waals surface area contributed by atoms with Crippen LogP contribution in [0.1, 0.15) is 16.7 Å². The van der Waals surface area contributed by atoms with Crippen molar-refractivity contribution >= 4 is 10.1 Å². The number of nitrogens with zero attached hydrogens (tertiary/aromatic N) is 2. The van der Waals surface area contributed by atoms with Gasteiger partial charge in [0.15, 0.2) is 0 Å². The molecule has 0 radical (unpaired) electrons. The van der Waals surface area contributed by atoms with E-state index in [0.29, 0.717) is 11.4 Å². The highest BCUT2D eigenvalue weighted by Gasteiger charge is 2.16. The molecule has 1 aromatic heterocycles. The largest absolute Gasteiger partial charge is 0.360 e. The normalized spacial score (nSPS) is 11.4. The second-order valence-electron chi connectivity index (χ2n) is 6.38. The van der Waals surface area contributed by atoms with Crippen LogP contribution in [0.15, 0.2) is 48.7 Å². The molecule has 0 aliphatic rings. The van der Waals surface area contributed by atoms with Crippen molar-refractivity contribution in [3.63, 3.8) is 0 Å². The molecule has 26 heavy (non-hydrogen) atoms. The van der Waals surface area contributed by atoms with Crippen LogP contribution in [0, 0.1) is 20.8 Å². The van der Waals surface area contributed by atoms with Crippen molar-refractivity contribution in [2.45, 2.75) is 20.8 Å². The zero-order valence-electron chi connectivity index (χ0n) is 15.1. The van der Waals surface area contributed by atoms with Gasteiger partial charge in [-0.15, -0.1) is 0 Å². The zero-order chi connectivity index (χ0) is 18.9. The van der Waals surface area contributed by atoms with Crippen molar-refractivity contribution in [2.24, 2.45) is 0 Å². The van der Waals surface area contributed by atoms with Gasteiger partial charge in [0.05, 0.1) is 18.1 Å². The monoisotopic (exact) mass is 368 g/mol. The molecule has 0 fully saturated rings. The fourth-order valence-electron chi connectivity index (χ4n) is 2.92. The average molecular weight is 368 g/mol. The molecule has 3 aromatic rings. The summed E-state index contributed by atoms with van der Waals surface area (Å²) in [6.45, 7) is 6.03. The van der Waals surface area contributed by atoms with Crippen LogP contribution >= 0.6 is 0 Å². The molecular formula is C20H20N2O3S. The molecule has 0 amide bonds. The second-order valence-corrected chi connectivity index (χ2v) is 7.96. The fraction of sp³-hybridized carbons (Fsp3) is 0.200. The van der Waals surface area contributed by atoms with E-state index in [4.69, 9.17) is 4.18 Å². The van der Waals surface area contributed by atoms with Crippen LogP contribution in [-0.4, -0.2) is 24.6 Å². The highest BCUT2D eigenvalue weighted by Crippen LogP contribution is 2.33. The molecule has 0 spiro atoms. The van der Waals surface area contributed by atoms with Crippen molar-refractivity contribution in [1.29, 1.82) is 0 Å². The van der Waals surface area contributed by atoms with Gasteiger partial charge in [0.25, 0.3) is 5.88 Å². The minimum atomic E-state index is -3.68. The molecule has 6 heteroatoms. The van der Waals surface area contributed by atoms with Crippen LogP contribution in [-0.2, 0) is 10.1 Å². The predicted octanol–water partition coefficient (Wildman–Crippen LogP) is 4.07. The predicted molar refractivity (Wildman–Crippen MR) is 103 cm³/mol. The van der Waals surface area contributed by atoms with Crippen molar-refractivity contribution in [3.8, 4) is 28.4 Å². The molecule has 1 heterocycles. The quantitative estimate of drug-likeness (QED) is 0.649. The Morgan fingerprint density at radius 2 is 1.58 bits per heavy atom. The summed E-state index contributed by atoms with van der Waals surface area (Å²) >= 11 is 0. The van der Waals surface area contributed by atoms with Crippen LogP contribution in [0.5, 0.6) is 5.88 Å². The first-order valence-electron chi connectivity index (χ1n) is 8.14. The summed E-state index contributed by atoms with van der Waals surface area (Å²) in [7, 11) is -3.68. The lowest BCUT2D eigenvalue weighted by atomic mass is 9.98. The number of hydrogen-bond acceptors (Lipinski definition) is 5. The number of aromatic nitrogens is 2. The lowest BCUT2D eigenvalue weighted by Crippen LogP contribution is -2.08. The summed E-state index contributed by atoms with van der Waals surface area (Å²) in [6.07, 6.45) is 2.33. The molecule has 134 valence electrons. The smallest absolute Gasteiger partial charge is 0.307 e. The second kappa shape index (κ2) is 6.88. The lowest BCUT2D eigenvalue weighted by molar-refractivity contribution is 0.481. The van der Waals surface area contributed by atoms with E-state index in [9.17, 15) is 8.42 Å². The topological polar surface area (TPSA) is 69.2 Å². The molecule has 0 aliphatic carbocycles. The lowest BCUT2D eigenvalue weighted by Gasteiger charge is -2.13. The van der Waals surface area contributed by atoms with E-state index in [-0.39, 0.29) is 5.88 Å². The van der Waals surface area contributed by atoms with Gasteiger partial charge in [0, 0.05) is 11.1 Å². The molecular weight excluding hydrogens is 348 g/mol. The van der Waals surface area contributed by atoms with Gasteiger partial charge in [-0.05, 0) is 38.5 Å². The molecule has 0 atom stereocenters. The molecule has 0 N–H and O–H groups in total. The van der Waals surface area contributed by atoms with Crippen LogP contribution in [0.3, 0.4) is 0 Å². The first kappa shape index (κ1) is 18.1. The molecule has 0 bridgehead atoms. The van der Waals surface area contributed by atoms with Gasteiger partial charge in [-0.25, -0.2) is 9.97 Å². The number of benzene rings is 2. The van der Waals surface area contributed by atoms with E-state index in [0.717, 1.165) is 34.1 Å². The van der Waals surface area contributed by atoms with Gasteiger partial charge in [0.2, 0.25) is 0 Å². The Morgan fingerprint density at radius 1 is 0.923 bits per heavy atom. The van der Waals surface area contributed by atoms with Crippen LogP contribution in [0.2, 0.25) is 0 Å². The SMILES string of the molecule is Cc1cc(C)cc(-c2ncc(OS(C)(=O)=O)nc2-c2ccccc2C)c1. The first-order chi connectivity index (χ1) is 12.2. The molecule has 3 rings (SSSR count). The van der Waals surface area contributed by atoms with E-state index < -0.39 is 10.1 Å². The summed E-state index contributed by atoms with van der Waals surface area (Å²) in [4.78, 5) is 8.94. The third-order valence-corrected chi connectivity index (χ3v) is 4.36. The summed E-state index contributed by atoms with van der Waals surface area (Å²) < 4.78 is 27.9. The summed E-state index contributed by atoms with van der Waals surface area (Å²) in [5.74, 6) is -0.0427. The highest BCUT2D eigenvalue weighted by atomic mass is 32.2. The van der Waals surface area contributed by atoms with Crippen molar-refractivity contribution in [3.05, 3.63) is 65.4 Å². The van der Waals surface area contributed by atoms with Crippen LogP contribution in [0.25, 0.3) is 22.5 Å². The highest BCUT2D eigenvalue weighted by molar-refractivity contribution is 7.86. The Morgan fingerprint density at radius 3 is 2.19 bits per heavy atom. The van der Waals surface area contributed by atoms with Crippen LogP contribution in [0.4, 0.5) is 0 Å². The third-order valence-electron chi connectivity index (χ3n) is 3.88. The summed E-state index contributed by atoms with van der Waals surface area (Å²) in [6, 6.07) is 13.9. The summed E-state index contributed by atoms with van der Waals surface area (Å²) in [5.41, 5.74) is 6.35. The fourth-order valence-corrected chi connectivity index (χ4v) is 3.31. The van der Waals surface area contributed by atoms with Crippen molar-refractivity contribution in [2.75, 3.05) is 6.26 Å². The number of rotatable bonds is 4. The van der Waals surface area contributed by atoms with Gasteiger partial charge < -0.3 is 4.18 Å². The van der Waals surface area contributed by atoms with Gasteiger partial charge >= 0.3 is 10.1 Å². The maximum atomic E-state index is 11.5. The standard InChI is InChI=1S/C20H20N2O3S/c1-13-9-14(2)11-16(10-13)19-20(17-8-6-5-7-15(17)3)22-18(12-21-19)25-26(4,23)24/h5-12H,1-4H3. The maximum Gasteiger partial charge on any atom is 0.307 e. The number of aryl methyl sites for hydroxylation is 3. The van der Waals surface area contributed by atoms with E-state index in [1.54, 1.807) is 0 Å². The number of hydrogen-bond donors (Lipinski definition) is 0. The third kappa shape index (κ3) is 4.08. The minimum absolute atomic E-state index is 0.0427. The Labute approximate surface area is 153 Å². The van der Waals surface area contributed by atoms with Crippen molar-refractivity contribution < 1.29 is 12.6 Å². The minimum Gasteiger partial charge on any atom is -0.360 e. The molecule has 0 unspecified atom stereocenters. The van der Waals surface area contributed by atoms with Gasteiger partial charge in [-0.3, -0.25) is 0 Å². The average Bonchev–Trinajstić information content (AvgIpc) is 2.53.